The van der Waals surface area contributed by atoms with Gasteiger partial charge < -0.3 is 10.5 Å². The second-order valence-electron chi connectivity index (χ2n) is 4.47. The molecular formula is C12H19FN2O3S. The van der Waals surface area contributed by atoms with Crippen LogP contribution < -0.4 is 5.73 Å². The van der Waals surface area contributed by atoms with Gasteiger partial charge in [-0.15, -0.1) is 0 Å². The zero-order chi connectivity index (χ0) is 14.8. The molecule has 0 aliphatic carbocycles. The van der Waals surface area contributed by atoms with E-state index < -0.39 is 15.8 Å². The summed E-state index contributed by atoms with van der Waals surface area (Å²) >= 11 is 0. The third-order valence-electron chi connectivity index (χ3n) is 2.96. The number of hydrogen-bond donors (Lipinski definition) is 1. The minimum absolute atomic E-state index is 0.0191. The molecule has 0 amide bonds. The molecule has 0 saturated heterocycles. The number of anilines is 1. The number of nitrogen functional groups attached to an aromatic ring is 1. The highest BCUT2D eigenvalue weighted by Gasteiger charge is 2.26. The molecule has 5 nitrogen and oxygen atoms in total. The number of nitrogens with two attached hydrogens (primary N) is 1. The molecule has 1 atom stereocenters. The zero-order valence-corrected chi connectivity index (χ0v) is 12.3. The van der Waals surface area contributed by atoms with Gasteiger partial charge in [0, 0.05) is 20.2 Å². The Bertz CT molecular complexity index is 537. The van der Waals surface area contributed by atoms with Crippen LogP contribution in [0.2, 0.25) is 0 Å². The molecule has 0 aromatic heterocycles. The van der Waals surface area contributed by atoms with Crippen molar-refractivity contribution >= 4 is 15.7 Å². The lowest BCUT2D eigenvalue weighted by atomic mass is 10.2. The number of nitrogens with zero attached hydrogens (tertiary/aromatic N) is 1. The molecule has 0 fully saturated rings. The third-order valence-corrected chi connectivity index (χ3v) is 4.91. The van der Waals surface area contributed by atoms with E-state index in [0.717, 1.165) is 6.07 Å². The molecule has 108 valence electrons. The summed E-state index contributed by atoms with van der Waals surface area (Å²) in [7, 11) is -0.766. The van der Waals surface area contributed by atoms with Gasteiger partial charge in [0.1, 0.15) is 5.82 Å². The first kappa shape index (κ1) is 15.9. The smallest absolute Gasteiger partial charge is 0.243 e. The van der Waals surface area contributed by atoms with Crippen molar-refractivity contribution in [2.45, 2.75) is 24.8 Å². The highest BCUT2D eigenvalue weighted by Crippen LogP contribution is 2.23. The highest BCUT2D eigenvalue weighted by atomic mass is 32.2. The van der Waals surface area contributed by atoms with Crippen LogP contribution in [0.15, 0.2) is 17.0 Å². The van der Waals surface area contributed by atoms with Crippen LogP contribution in [0, 0.1) is 12.7 Å². The lowest BCUT2D eigenvalue weighted by Crippen LogP contribution is -2.37. The zero-order valence-electron chi connectivity index (χ0n) is 11.5. The van der Waals surface area contributed by atoms with E-state index in [0.29, 0.717) is 0 Å². The monoisotopic (exact) mass is 290 g/mol. The first-order valence-corrected chi connectivity index (χ1v) is 7.18. The predicted molar refractivity (Wildman–Crippen MR) is 71.8 cm³/mol. The van der Waals surface area contributed by atoms with E-state index in [1.54, 1.807) is 6.92 Å². The molecule has 0 bridgehead atoms. The van der Waals surface area contributed by atoms with Crippen molar-refractivity contribution < 1.29 is 17.5 Å². The van der Waals surface area contributed by atoms with Gasteiger partial charge in [0.05, 0.1) is 17.2 Å². The topological polar surface area (TPSA) is 72.6 Å². The molecule has 1 rings (SSSR count). The summed E-state index contributed by atoms with van der Waals surface area (Å²) in [5.74, 6) is -0.591. The predicted octanol–water partition coefficient (Wildman–Crippen LogP) is 1.37. The Morgan fingerprint density at radius 2 is 2.05 bits per heavy atom. The summed E-state index contributed by atoms with van der Waals surface area (Å²) in [6.45, 7) is 3.47. The summed E-state index contributed by atoms with van der Waals surface area (Å²) in [5, 5.41) is 0. The van der Waals surface area contributed by atoms with Crippen molar-refractivity contribution in [3.8, 4) is 0 Å². The van der Waals surface area contributed by atoms with E-state index in [2.05, 4.69) is 0 Å². The second kappa shape index (κ2) is 5.85. The van der Waals surface area contributed by atoms with Crippen molar-refractivity contribution in [3.63, 3.8) is 0 Å². The van der Waals surface area contributed by atoms with Gasteiger partial charge >= 0.3 is 0 Å². The molecule has 0 aliphatic rings. The second-order valence-corrected chi connectivity index (χ2v) is 6.47. The van der Waals surface area contributed by atoms with Crippen LogP contribution in [0.3, 0.4) is 0 Å². The SMILES string of the molecule is COCC(C)N(C)S(=O)(=O)c1cc(C)c(F)c(N)c1. The van der Waals surface area contributed by atoms with Gasteiger partial charge in [0.15, 0.2) is 0 Å². The Labute approximate surface area is 113 Å². The molecule has 1 unspecified atom stereocenters. The van der Waals surface area contributed by atoms with Gasteiger partial charge in [-0.05, 0) is 31.5 Å². The molecule has 0 spiro atoms. The first-order valence-electron chi connectivity index (χ1n) is 5.74. The molecule has 0 aliphatic heterocycles. The molecule has 1 aromatic carbocycles. The molecule has 7 heteroatoms. The van der Waals surface area contributed by atoms with Crippen LogP contribution in [-0.2, 0) is 14.8 Å². The maximum atomic E-state index is 13.4. The maximum absolute atomic E-state index is 13.4. The van der Waals surface area contributed by atoms with E-state index in [-0.39, 0.29) is 28.8 Å². The minimum Gasteiger partial charge on any atom is -0.396 e. The summed E-state index contributed by atoms with van der Waals surface area (Å²) in [4.78, 5) is -0.0191. The summed E-state index contributed by atoms with van der Waals surface area (Å²) in [6, 6.07) is 2.08. The van der Waals surface area contributed by atoms with Gasteiger partial charge in [-0.25, -0.2) is 12.8 Å². The van der Waals surface area contributed by atoms with Crippen LogP contribution in [0.5, 0.6) is 0 Å². The first-order chi connectivity index (χ1) is 8.71. The van der Waals surface area contributed by atoms with Crippen LogP contribution >= 0.6 is 0 Å². The fourth-order valence-corrected chi connectivity index (χ4v) is 3.13. The number of methoxy groups -OCH3 is 1. The Morgan fingerprint density at radius 1 is 1.47 bits per heavy atom. The fraction of sp³-hybridized carbons (Fsp3) is 0.500. The van der Waals surface area contributed by atoms with Crippen molar-refractivity contribution in [1.82, 2.24) is 4.31 Å². The number of likely N-dealkylation sites (N-methyl/N-ethyl adjacent to an activating group) is 1. The number of hydrogen-bond acceptors (Lipinski definition) is 4. The molecule has 0 saturated carbocycles. The van der Waals surface area contributed by atoms with Gasteiger partial charge in [-0.3, -0.25) is 0 Å². The van der Waals surface area contributed by atoms with E-state index in [1.807, 2.05) is 0 Å². The van der Waals surface area contributed by atoms with Crippen molar-refractivity contribution in [2.75, 3.05) is 26.5 Å². The van der Waals surface area contributed by atoms with E-state index in [4.69, 9.17) is 10.5 Å². The van der Waals surface area contributed by atoms with Gasteiger partial charge in [-0.1, -0.05) is 0 Å². The largest absolute Gasteiger partial charge is 0.396 e. The van der Waals surface area contributed by atoms with Crippen molar-refractivity contribution in [1.29, 1.82) is 0 Å². The number of ether oxygens (including phenoxy) is 1. The fourth-order valence-electron chi connectivity index (χ4n) is 1.66. The Kier molecular flexibility index (Phi) is 4.89. The van der Waals surface area contributed by atoms with E-state index in [9.17, 15) is 12.8 Å². The lowest BCUT2D eigenvalue weighted by Gasteiger charge is -2.24. The summed E-state index contributed by atoms with van der Waals surface area (Å²) < 4.78 is 44.3. The molecule has 1 aromatic rings. The number of rotatable bonds is 5. The minimum atomic E-state index is -3.72. The van der Waals surface area contributed by atoms with Crippen molar-refractivity contribution in [3.05, 3.63) is 23.5 Å². The third kappa shape index (κ3) is 3.23. The Hall–Kier alpha value is -1.18. The maximum Gasteiger partial charge on any atom is 0.243 e. The van der Waals surface area contributed by atoms with Gasteiger partial charge in [0.25, 0.3) is 0 Å². The van der Waals surface area contributed by atoms with Gasteiger partial charge in [-0.2, -0.15) is 4.31 Å². The molecule has 0 radical (unpaired) electrons. The average molecular weight is 290 g/mol. The van der Waals surface area contributed by atoms with Crippen LogP contribution in [0.25, 0.3) is 0 Å². The van der Waals surface area contributed by atoms with Gasteiger partial charge in [0.2, 0.25) is 10.0 Å². The van der Waals surface area contributed by atoms with E-state index >= 15 is 0 Å². The van der Waals surface area contributed by atoms with E-state index in [1.165, 1.54) is 31.5 Å². The molecule has 19 heavy (non-hydrogen) atoms. The number of halogens is 1. The van der Waals surface area contributed by atoms with Crippen LogP contribution in [0.4, 0.5) is 10.1 Å². The van der Waals surface area contributed by atoms with Crippen LogP contribution in [-0.4, -0.2) is 39.5 Å². The standard InChI is InChI=1S/C12H19FN2O3S/c1-8-5-10(6-11(14)12(8)13)19(16,17)15(3)9(2)7-18-4/h5-6,9H,7,14H2,1-4H3. The molecule has 2 N–H and O–H groups in total. The van der Waals surface area contributed by atoms with Crippen LogP contribution in [0.1, 0.15) is 12.5 Å². The number of aryl methyl sites for hydroxylation is 1. The number of benzene rings is 1. The Balaban J connectivity index is 3.21. The number of sulfonamides is 1. The summed E-state index contributed by atoms with van der Waals surface area (Å²) in [5.41, 5.74) is 5.50. The lowest BCUT2D eigenvalue weighted by molar-refractivity contribution is 0.149. The molecule has 0 heterocycles. The quantitative estimate of drug-likeness (QED) is 0.831. The Morgan fingerprint density at radius 3 is 2.53 bits per heavy atom. The normalized spacial score (nSPS) is 13.8. The molecular weight excluding hydrogens is 271 g/mol. The average Bonchev–Trinajstić information content (AvgIpc) is 2.34. The van der Waals surface area contributed by atoms with Crippen molar-refractivity contribution in [2.24, 2.45) is 0 Å². The summed E-state index contributed by atoms with van der Waals surface area (Å²) in [6.07, 6.45) is 0. The highest BCUT2D eigenvalue weighted by molar-refractivity contribution is 7.89.